The Morgan fingerprint density at radius 2 is 1.79 bits per heavy atom. The highest BCUT2D eigenvalue weighted by molar-refractivity contribution is 9.10. The van der Waals surface area contributed by atoms with Crippen LogP contribution in [0, 0.1) is 5.82 Å². The molecule has 6 heteroatoms. The van der Waals surface area contributed by atoms with E-state index < -0.39 is 11.8 Å². The van der Waals surface area contributed by atoms with Crippen molar-refractivity contribution in [2.75, 3.05) is 10.6 Å². The van der Waals surface area contributed by atoms with Crippen molar-refractivity contribution in [1.29, 1.82) is 0 Å². The van der Waals surface area contributed by atoms with Crippen LogP contribution in [0.5, 0.6) is 0 Å². The second-order valence-corrected chi connectivity index (χ2v) is 4.97. The second kappa shape index (κ2) is 6.04. The number of rotatable bonds is 2. The lowest BCUT2D eigenvalue weighted by Gasteiger charge is -2.09. The van der Waals surface area contributed by atoms with Crippen molar-refractivity contribution < 1.29 is 9.18 Å². The van der Waals surface area contributed by atoms with Crippen LogP contribution in [0.15, 0.2) is 46.9 Å². The number of urea groups is 1. The number of hydrogen-bond donors (Lipinski definition) is 2. The molecule has 0 atom stereocenters. The molecule has 0 saturated heterocycles. The van der Waals surface area contributed by atoms with Gasteiger partial charge >= 0.3 is 6.03 Å². The summed E-state index contributed by atoms with van der Waals surface area (Å²) in [5.74, 6) is -0.493. The first-order chi connectivity index (χ1) is 9.06. The van der Waals surface area contributed by atoms with Crippen LogP contribution >= 0.6 is 27.5 Å². The van der Waals surface area contributed by atoms with E-state index in [9.17, 15) is 9.18 Å². The van der Waals surface area contributed by atoms with E-state index in [-0.39, 0.29) is 5.69 Å². The molecule has 2 amide bonds. The van der Waals surface area contributed by atoms with Crippen LogP contribution in [-0.4, -0.2) is 6.03 Å². The zero-order valence-corrected chi connectivity index (χ0v) is 11.9. The fraction of sp³-hybridized carbons (Fsp3) is 0. The zero-order valence-electron chi connectivity index (χ0n) is 9.58. The van der Waals surface area contributed by atoms with Crippen molar-refractivity contribution in [3.05, 3.63) is 57.8 Å². The topological polar surface area (TPSA) is 41.1 Å². The number of amides is 2. The van der Waals surface area contributed by atoms with Gasteiger partial charge in [0.15, 0.2) is 0 Å². The summed E-state index contributed by atoms with van der Waals surface area (Å²) in [6.45, 7) is 0. The average molecular weight is 344 g/mol. The highest BCUT2D eigenvalue weighted by Gasteiger charge is 2.08. The molecule has 0 aliphatic rings. The lowest BCUT2D eigenvalue weighted by molar-refractivity contribution is 0.262. The number of carbonyl (C=O) groups is 1. The van der Waals surface area contributed by atoms with E-state index in [2.05, 4.69) is 26.6 Å². The Balaban J connectivity index is 2.08. The molecular formula is C13H9BrClFN2O. The predicted molar refractivity (Wildman–Crippen MR) is 78.2 cm³/mol. The second-order valence-electron chi connectivity index (χ2n) is 3.68. The van der Waals surface area contributed by atoms with Crippen molar-refractivity contribution in [1.82, 2.24) is 0 Å². The number of hydrogen-bond acceptors (Lipinski definition) is 1. The van der Waals surface area contributed by atoms with Gasteiger partial charge in [-0.25, -0.2) is 9.18 Å². The van der Waals surface area contributed by atoms with Crippen LogP contribution in [-0.2, 0) is 0 Å². The van der Waals surface area contributed by atoms with Crippen molar-refractivity contribution in [3.8, 4) is 0 Å². The van der Waals surface area contributed by atoms with Gasteiger partial charge in [0.25, 0.3) is 0 Å². The summed E-state index contributed by atoms with van der Waals surface area (Å²) in [4.78, 5) is 11.7. The van der Waals surface area contributed by atoms with E-state index in [1.54, 1.807) is 30.3 Å². The molecule has 0 aliphatic heterocycles. The number of benzene rings is 2. The van der Waals surface area contributed by atoms with Crippen molar-refractivity contribution in [2.45, 2.75) is 0 Å². The molecule has 0 heterocycles. The van der Waals surface area contributed by atoms with Crippen LogP contribution in [0.1, 0.15) is 0 Å². The standard InChI is InChI=1S/C13H9BrClFN2O/c14-9-7-8(15)5-6-11(9)17-13(19)18-12-4-2-1-3-10(12)16/h1-7H,(H2,17,18,19). The Morgan fingerprint density at radius 1 is 1.11 bits per heavy atom. The first kappa shape index (κ1) is 13.8. The third-order valence-corrected chi connectivity index (χ3v) is 3.19. The van der Waals surface area contributed by atoms with Gasteiger partial charge in [0.2, 0.25) is 0 Å². The minimum Gasteiger partial charge on any atom is -0.307 e. The summed E-state index contributed by atoms with van der Waals surface area (Å²) in [6, 6.07) is 10.3. The average Bonchev–Trinajstić information content (AvgIpc) is 2.36. The summed E-state index contributed by atoms with van der Waals surface area (Å²) in [5.41, 5.74) is 0.656. The molecule has 2 rings (SSSR count). The summed E-state index contributed by atoms with van der Waals surface area (Å²) in [5, 5.41) is 5.56. The monoisotopic (exact) mass is 342 g/mol. The maximum absolute atomic E-state index is 13.4. The Labute approximate surface area is 122 Å². The highest BCUT2D eigenvalue weighted by Crippen LogP contribution is 2.26. The molecule has 0 spiro atoms. The third-order valence-electron chi connectivity index (χ3n) is 2.30. The van der Waals surface area contributed by atoms with Gasteiger partial charge in [-0.3, -0.25) is 0 Å². The van der Waals surface area contributed by atoms with E-state index in [1.165, 1.54) is 12.1 Å². The molecule has 0 fully saturated rings. The van der Waals surface area contributed by atoms with Crippen LogP contribution in [0.3, 0.4) is 0 Å². The lowest BCUT2D eigenvalue weighted by Crippen LogP contribution is -2.20. The molecule has 2 aromatic rings. The fourth-order valence-electron chi connectivity index (χ4n) is 1.43. The Kier molecular flexibility index (Phi) is 4.39. The molecule has 0 saturated carbocycles. The molecule has 2 N–H and O–H groups in total. The summed E-state index contributed by atoms with van der Waals surface area (Å²) < 4.78 is 14.0. The number of anilines is 2. The number of carbonyl (C=O) groups excluding carboxylic acids is 1. The van der Waals surface area contributed by atoms with Gasteiger partial charge in [-0.2, -0.15) is 0 Å². The molecule has 0 unspecified atom stereocenters. The Bertz CT molecular complexity index is 621. The largest absolute Gasteiger partial charge is 0.323 e. The molecule has 0 radical (unpaired) electrons. The molecule has 98 valence electrons. The maximum atomic E-state index is 13.4. The smallest absolute Gasteiger partial charge is 0.307 e. The lowest BCUT2D eigenvalue weighted by atomic mass is 10.3. The summed E-state index contributed by atoms with van der Waals surface area (Å²) in [6.07, 6.45) is 0. The van der Waals surface area contributed by atoms with Crippen LogP contribution < -0.4 is 10.6 Å². The van der Waals surface area contributed by atoms with E-state index in [0.717, 1.165) is 0 Å². The number of nitrogens with one attached hydrogen (secondary N) is 2. The normalized spacial score (nSPS) is 10.1. The van der Waals surface area contributed by atoms with Gasteiger partial charge in [0.05, 0.1) is 11.4 Å². The third kappa shape index (κ3) is 3.68. The first-order valence-electron chi connectivity index (χ1n) is 5.34. The van der Waals surface area contributed by atoms with Crippen molar-refractivity contribution in [2.24, 2.45) is 0 Å². The number of para-hydroxylation sites is 1. The van der Waals surface area contributed by atoms with E-state index in [0.29, 0.717) is 15.2 Å². The molecule has 19 heavy (non-hydrogen) atoms. The predicted octanol–water partition coefficient (Wildman–Crippen LogP) is 4.89. The van der Waals surface area contributed by atoms with E-state index >= 15 is 0 Å². The molecule has 0 aliphatic carbocycles. The van der Waals surface area contributed by atoms with Gasteiger partial charge in [-0.05, 0) is 46.3 Å². The summed E-state index contributed by atoms with van der Waals surface area (Å²) >= 11 is 9.07. The highest BCUT2D eigenvalue weighted by atomic mass is 79.9. The molecule has 3 nitrogen and oxygen atoms in total. The summed E-state index contributed by atoms with van der Waals surface area (Å²) in [7, 11) is 0. The van der Waals surface area contributed by atoms with Gasteiger partial charge in [0, 0.05) is 9.50 Å². The fourth-order valence-corrected chi connectivity index (χ4v) is 2.21. The molecular weight excluding hydrogens is 335 g/mol. The van der Waals surface area contributed by atoms with Gasteiger partial charge in [-0.15, -0.1) is 0 Å². The Hall–Kier alpha value is -1.59. The molecule has 0 aromatic heterocycles. The van der Waals surface area contributed by atoms with E-state index in [1.807, 2.05) is 0 Å². The maximum Gasteiger partial charge on any atom is 0.323 e. The minimum absolute atomic E-state index is 0.116. The van der Waals surface area contributed by atoms with Crippen LogP contribution in [0.4, 0.5) is 20.6 Å². The molecule has 2 aromatic carbocycles. The quantitative estimate of drug-likeness (QED) is 0.801. The van der Waals surface area contributed by atoms with Gasteiger partial charge in [0.1, 0.15) is 5.82 Å². The van der Waals surface area contributed by atoms with Crippen molar-refractivity contribution in [3.63, 3.8) is 0 Å². The van der Waals surface area contributed by atoms with Crippen LogP contribution in [0.25, 0.3) is 0 Å². The Morgan fingerprint density at radius 3 is 2.47 bits per heavy atom. The van der Waals surface area contributed by atoms with Gasteiger partial charge < -0.3 is 10.6 Å². The van der Waals surface area contributed by atoms with E-state index in [4.69, 9.17) is 11.6 Å². The minimum atomic E-state index is -0.534. The number of halogens is 3. The zero-order chi connectivity index (χ0) is 13.8. The van der Waals surface area contributed by atoms with Crippen molar-refractivity contribution >= 4 is 44.9 Å². The van der Waals surface area contributed by atoms with Gasteiger partial charge in [-0.1, -0.05) is 23.7 Å². The van der Waals surface area contributed by atoms with Crippen LogP contribution in [0.2, 0.25) is 5.02 Å². The SMILES string of the molecule is O=C(Nc1ccccc1F)Nc1ccc(Cl)cc1Br. The first-order valence-corrected chi connectivity index (χ1v) is 6.51. The molecule has 0 bridgehead atoms.